The molecular formula is C25H23N5O3. The third-order valence-corrected chi connectivity index (χ3v) is 5.90. The second-order valence-electron chi connectivity index (χ2n) is 7.99. The minimum absolute atomic E-state index is 0.172. The molecule has 1 aliphatic carbocycles. The molecule has 5 rings (SSSR count). The number of benzene rings is 1. The maximum Gasteiger partial charge on any atom is 0.290 e. The highest BCUT2D eigenvalue weighted by Crippen LogP contribution is 2.38. The van der Waals surface area contributed by atoms with Gasteiger partial charge in [0, 0.05) is 48.9 Å². The minimum Gasteiger partial charge on any atom is -0.483 e. The quantitative estimate of drug-likeness (QED) is 0.596. The molecule has 33 heavy (non-hydrogen) atoms. The fourth-order valence-corrected chi connectivity index (χ4v) is 4.15. The first-order chi connectivity index (χ1) is 16.1. The number of nitrogens with zero attached hydrogens (tertiary/aromatic N) is 4. The molecule has 8 nitrogen and oxygen atoms in total. The number of hydrogen-bond donors (Lipinski definition) is 2. The van der Waals surface area contributed by atoms with Crippen molar-refractivity contribution in [3.8, 4) is 28.3 Å². The van der Waals surface area contributed by atoms with Crippen LogP contribution in [-0.4, -0.2) is 38.9 Å². The first-order valence-corrected chi connectivity index (χ1v) is 10.7. The van der Waals surface area contributed by atoms with Crippen LogP contribution in [0.2, 0.25) is 0 Å². The molecule has 0 spiro atoms. The predicted molar refractivity (Wildman–Crippen MR) is 123 cm³/mol. The van der Waals surface area contributed by atoms with Gasteiger partial charge in [0.25, 0.3) is 6.47 Å². The van der Waals surface area contributed by atoms with Crippen LogP contribution in [-0.2, 0) is 22.6 Å². The predicted octanol–water partition coefficient (Wildman–Crippen LogP) is 3.26. The summed E-state index contributed by atoms with van der Waals surface area (Å²) in [6.07, 6.45) is 6.19. The molecule has 0 saturated heterocycles. The monoisotopic (exact) mass is 441 g/mol. The Bertz CT molecular complexity index is 1220. The standard InChI is InChI=1S/C24H21N5O.CH2O2/c25-12-19-22(16-5-3-15(4-6-16)18-2-1-10-27-13-18)20-14-29(24(30)17-7-8-17)11-9-21(20)28-23(19)26;2-1-3/h1-6,10,13,17H,7-9,11,14H2,(H2,26,28);1H,(H,2,3). The lowest BCUT2D eigenvalue weighted by Crippen LogP contribution is -2.37. The van der Waals surface area contributed by atoms with Crippen molar-refractivity contribution in [3.63, 3.8) is 0 Å². The molecule has 1 aromatic carbocycles. The van der Waals surface area contributed by atoms with Crippen LogP contribution >= 0.6 is 0 Å². The summed E-state index contributed by atoms with van der Waals surface area (Å²) in [6.45, 7) is 0.881. The van der Waals surface area contributed by atoms with Crippen LogP contribution < -0.4 is 5.73 Å². The van der Waals surface area contributed by atoms with Gasteiger partial charge in [0.15, 0.2) is 0 Å². The van der Waals surface area contributed by atoms with Crippen molar-refractivity contribution in [2.45, 2.75) is 25.8 Å². The van der Waals surface area contributed by atoms with Crippen molar-refractivity contribution < 1.29 is 14.7 Å². The Morgan fingerprint density at radius 3 is 2.48 bits per heavy atom. The van der Waals surface area contributed by atoms with Crippen molar-refractivity contribution >= 4 is 18.2 Å². The van der Waals surface area contributed by atoms with E-state index in [4.69, 9.17) is 15.6 Å². The van der Waals surface area contributed by atoms with Gasteiger partial charge in [-0.2, -0.15) is 5.26 Å². The fourth-order valence-electron chi connectivity index (χ4n) is 4.15. The van der Waals surface area contributed by atoms with Gasteiger partial charge in [-0.25, -0.2) is 4.98 Å². The number of carboxylic acid groups (broad SMARTS) is 1. The summed E-state index contributed by atoms with van der Waals surface area (Å²) in [4.78, 5) is 31.6. The van der Waals surface area contributed by atoms with Gasteiger partial charge in [0.05, 0.1) is 5.69 Å². The maximum atomic E-state index is 12.7. The van der Waals surface area contributed by atoms with Crippen LogP contribution in [0.25, 0.3) is 22.3 Å². The summed E-state index contributed by atoms with van der Waals surface area (Å²) >= 11 is 0. The van der Waals surface area contributed by atoms with Crippen molar-refractivity contribution in [1.82, 2.24) is 14.9 Å². The fraction of sp³-hybridized carbons (Fsp3) is 0.240. The molecule has 1 amide bonds. The highest BCUT2D eigenvalue weighted by Gasteiger charge is 2.36. The highest BCUT2D eigenvalue weighted by atomic mass is 16.3. The van der Waals surface area contributed by atoms with Gasteiger partial charge in [-0.3, -0.25) is 14.6 Å². The average molecular weight is 441 g/mol. The number of pyridine rings is 2. The van der Waals surface area contributed by atoms with E-state index in [0.717, 1.165) is 46.4 Å². The van der Waals surface area contributed by atoms with E-state index >= 15 is 0 Å². The van der Waals surface area contributed by atoms with Gasteiger partial charge in [-0.15, -0.1) is 0 Å². The smallest absolute Gasteiger partial charge is 0.290 e. The van der Waals surface area contributed by atoms with E-state index in [9.17, 15) is 10.1 Å². The van der Waals surface area contributed by atoms with Gasteiger partial charge in [-0.05, 0) is 35.6 Å². The average Bonchev–Trinajstić information content (AvgIpc) is 3.69. The molecule has 2 aromatic heterocycles. The Labute approximate surface area is 191 Å². The number of amides is 1. The van der Waals surface area contributed by atoms with Gasteiger partial charge in [0.1, 0.15) is 17.5 Å². The molecule has 1 aliphatic heterocycles. The van der Waals surface area contributed by atoms with E-state index in [1.807, 2.05) is 47.5 Å². The number of carbonyl (C=O) groups is 2. The Morgan fingerprint density at radius 1 is 1.18 bits per heavy atom. The van der Waals surface area contributed by atoms with Gasteiger partial charge in [-0.1, -0.05) is 30.3 Å². The summed E-state index contributed by atoms with van der Waals surface area (Å²) in [5.41, 5.74) is 12.1. The number of fused-ring (bicyclic) bond motifs is 1. The van der Waals surface area contributed by atoms with E-state index in [1.165, 1.54) is 0 Å². The Morgan fingerprint density at radius 2 is 1.88 bits per heavy atom. The second kappa shape index (κ2) is 9.49. The van der Waals surface area contributed by atoms with Crippen molar-refractivity contribution in [1.29, 1.82) is 5.26 Å². The van der Waals surface area contributed by atoms with Crippen LogP contribution in [0, 0.1) is 17.2 Å². The number of anilines is 1. The van der Waals surface area contributed by atoms with Crippen LogP contribution in [0.15, 0.2) is 48.8 Å². The summed E-state index contributed by atoms with van der Waals surface area (Å²) in [5.74, 6) is 0.643. The first-order valence-electron chi connectivity index (χ1n) is 10.7. The van der Waals surface area contributed by atoms with E-state index < -0.39 is 0 Å². The molecule has 0 radical (unpaired) electrons. The third kappa shape index (κ3) is 4.53. The van der Waals surface area contributed by atoms with Crippen LogP contribution in [0.4, 0.5) is 5.82 Å². The van der Waals surface area contributed by atoms with E-state index in [0.29, 0.717) is 25.1 Å². The molecule has 1 saturated carbocycles. The lowest BCUT2D eigenvalue weighted by Gasteiger charge is -2.30. The van der Waals surface area contributed by atoms with Crippen molar-refractivity contribution in [2.75, 3.05) is 12.3 Å². The number of rotatable bonds is 3. The van der Waals surface area contributed by atoms with E-state index in [1.54, 1.807) is 6.20 Å². The summed E-state index contributed by atoms with van der Waals surface area (Å²) in [7, 11) is 0. The molecule has 3 N–H and O–H groups in total. The van der Waals surface area contributed by atoms with Crippen LogP contribution in [0.5, 0.6) is 0 Å². The first kappa shape index (κ1) is 22.0. The van der Waals surface area contributed by atoms with Crippen LogP contribution in [0.3, 0.4) is 0 Å². The molecule has 3 heterocycles. The van der Waals surface area contributed by atoms with Crippen molar-refractivity contribution in [2.24, 2.45) is 5.92 Å². The molecule has 2 aliphatic rings. The number of nitrogens with two attached hydrogens (primary N) is 1. The van der Waals surface area contributed by atoms with Gasteiger partial charge < -0.3 is 15.7 Å². The molecule has 8 heteroatoms. The number of nitriles is 1. The molecular weight excluding hydrogens is 418 g/mol. The van der Waals surface area contributed by atoms with Crippen molar-refractivity contribution in [3.05, 3.63) is 65.6 Å². The Balaban J connectivity index is 0.000000821. The number of aromatic nitrogens is 2. The summed E-state index contributed by atoms with van der Waals surface area (Å²) in [5, 5.41) is 16.7. The topological polar surface area (TPSA) is 133 Å². The largest absolute Gasteiger partial charge is 0.483 e. The Kier molecular flexibility index (Phi) is 6.31. The third-order valence-electron chi connectivity index (χ3n) is 5.90. The lowest BCUT2D eigenvalue weighted by molar-refractivity contribution is -0.133. The molecule has 166 valence electrons. The molecule has 3 aromatic rings. The molecule has 0 atom stereocenters. The minimum atomic E-state index is -0.250. The number of hydrogen-bond acceptors (Lipinski definition) is 6. The molecule has 0 bridgehead atoms. The number of nitrogen functional groups attached to an aromatic ring is 1. The van der Waals surface area contributed by atoms with Gasteiger partial charge >= 0.3 is 0 Å². The second-order valence-corrected chi connectivity index (χ2v) is 7.99. The molecule has 0 unspecified atom stereocenters. The highest BCUT2D eigenvalue weighted by molar-refractivity contribution is 5.84. The molecule has 1 fully saturated rings. The SMILES string of the molecule is N#Cc1c(N)nc2c(c1-c1ccc(-c3cccnc3)cc1)CN(C(=O)C1CC1)CC2.O=CO. The van der Waals surface area contributed by atoms with Crippen LogP contribution in [0.1, 0.15) is 29.7 Å². The summed E-state index contributed by atoms with van der Waals surface area (Å²) < 4.78 is 0. The van der Waals surface area contributed by atoms with Gasteiger partial charge in [0.2, 0.25) is 5.91 Å². The lowest BCUT2D eigenvalue weighted by atomic mass is 9.90. The van der Waals surface area contributed by atoms with E-state index in [-0.39, 0.29) is 24.1 Å². The zero-order valence-corrected chi connectivity index (χ0v) is 17.9. The maximum absolute atomic E-state index is 12.7. The normalized spacial score (nSPS) is 14.3. The van der Waals surface area contributed by atoms with E-state index in [2.05, 4.69) is 16.0 Å². The Hall–Kier alpha value is -4.25. The number of carbonyl (C=O) groups excluding carboxylic acids is 1. The zero-order valence-electron chi connectivity index (χ0n) is 17.9. The zero-order chi connectivity index (χ0) is 23.4. The summed E-state index contributed by atoms with van der Waals surface area (Å²) in [6, 6.07) is 14.2.